The fourth-order valence-electron chi connectivity index (χ4n) is 7.30. The summed E-state index contributed by atoms with van der Waals surface area (Å²) in [5.74, 6) is 1.97. The highest BCUT2D eigenvalue weighted by Gasteiger charge is 2.47. The third-order valence-corrected chi connectivity index (χ3v) is 9.87. The van der Waals surface area contributed by atoms with Crippen molar-refractivity contribution in [2.75, 3.05) is 62.9 Å². The Morgan fingerprint density at radius 1 is 0.706 bits per heavy atom. The van der Waals surface area contributed by atoms with Gasteiger partial charge in [-0.2, -0.15) is 0 Å². The van der Waals surface area contributed by atoms with Crippen LogP contribution in [0.15, 0.2) is 48.5 Å². The Morgan fingerprint density at radius 3 is 1.84 bits per heavy atom. The molecule has 2 amide bonds. The van der Waals surface area contributed by atoms with Crippen LogP contribution in [0.5, 0.6) is 40.2 Å². The smallest absolute Gasteiger partial charge is 0.295 e. The average Bonchev–Trinajstić information content (AvgIpc) is 3.17. The Kier molecular flexibility index (Phi) is 12.2. The molecule has 12 nitrogen and oxygen atoms in total. The first-order valence-electron chi connectivity index (χ1n) is 17.1. The van der Waals surface area contributed by atoms with E-state index in [1.54, 1.807) is 28.4 Å². The molecule has 2 saturated heterocycles. The SMILES string of the molecule is COc1ccc(CCC(Cc2ccc(OC)c(OC)c2)CN2CC3CCCC(C2=O)N3C(=O)C(=O)c2cc(OC)c(OC)c(OC)c2)cc1OC. The molecule has 0 aromatic heterocycles. The number of hydrogen-bond acceptors (Lipinski definition) is 10. The Hall–Kier alpha value is -5.13. The molecule has 3 aromatic rings. The van der Waals surface area contributed by atoms with Gasteiger partial charge in [-0.05, 0) is 92.0 Å². The normalized spacial score (nSPS) is 17.4. The van der Waals surface area contributed by atoms with E-state index in [2.05, 4.69) is 0 Å². The number of carbonyl (C=O) groups is 3. The van der Waals surface area contributed by atoms with Crippen LogP contribution < -0.4 is 33.2 Å². The molecule has 274 valence electrons. The van der Waals surface area contributed by atoms with E-state index < -0.39 is 17.7 Å². The highest BCUT2D eigenvalue weighted by Crippen LogP contribution is 2.39. The first-order chi connectivity index (χ1) is 24.7. The zero-order valence-electron chi connectivity index (χ0n) is 30.5. The Bertz CT molecular complexity index is 1700. The monoisotopic (exact) mass is 704 g/mol. The lowest BCUT2D eigenvalue weighted by molar-refractivity contribution is -0.157. The number of nitrogens with zero attached hydrogens (tertiary/aromatic N) is 2. The predicted molar refractivity (Wildman–Crippen MR) is 190 cm³/mol. The van der Waals surface area contributed by atoms with E-state index in [-0.39, 0.29) is 34.9 Å². The van der Waals surface area contributed by atoms with Crippen molar-refractivity contribution in [2.45, 2.75) is 50.6 Å². The molecule has 0 aliphatic carbocycles. The van der Waals surface area contributed by atoms with Crippen LogP contribution in [-0.4, -0.2) is 102 Å². The van der Waals surface area contributed by atoms with E-state index in [0.29, 0.717) is 61.1 Å². The summed E-state index contributed by atoms with van der Waals surface area (Å²) < 4.78 is 38.2. The van der Waals surface area contributed by atoms with Crippen LogP contribution in [-0.2, 0) is 22.4 Å². The van der Waals surface area contributed by atoms with Gasteiger partial charge in [0.05, 0.1) is 55.8 Å². The number of hydrogen-bond donors (Lipinski definition) is 0. The van der Waals surface area contributed by atoms with Crippen molar-refractivity contribution in [3.8, 4) is 40.2 Å². The molecule has 2 bridgehead atoms. The van der Waals surface area contributed by atoms with Crippen LogP contribution in [0.2, 0.25) is 0 Å². The van der Waals surface area contributed by atoms with Gasteiger partial charge < -0.3 is 43.0 Å². The van der Waals surface area contributed by atoms with E-state index in [4.69, 9.17) is 33.2 Å². The van der Waals surface area contributed by atoms with E-state index in [1.165, 1.54) is 38.4 Å². The van der Waals surface area contributed by atoms with Crippen molar-refractivity contribution in [2.24, 2.45) is 5.92 Å². The molecule has 3 atom stereocenters. The van der Waals surface area contributed by atoms with Gasteiger partial charge in [0.1, 0.15) is 6.04 Å². The second kappa shape index (κ2) is 16.7. The minimum absolute atomic E-state index is 0.0731. The van der Waals surface area contributed by atoms with Gasteiger partial charge in [0.15, 0.2) is 34.5 Å². The lowest BCUT2D eigenvalue weighted by Gasteiger charge is -2.49. The summed E-state index contributed by atoms with van der Waals surface area (Å²) in [6, 6.07) is 13.7. The molecule has 3 unspecified atom stereocenters. The number of piperidine rings is 1. The summed E-state index contributed by atoms with van der Waals surface area (Å²) in [4.78, 5) is 45.2. The van der Waals surface area contributed by atoms with Crippen molar-refractivity contribution in [1.82, 2.24) is 9.80 Å². The number of amides is 2. The lowest BCUT2D eigenvalue weighted by atomic mass is 9.87. The van der Waals surface area contributed by atoms with Gasteiger partial charge in [0.25, 0.3) is 11.7 Å². The third kappa shape index (κ3) is 7.95. The zero-order valence-corrected chi connectivity index (χ0v) is 30.5. The molecule has 5 rings (SSSR count). The van der Waals surface area contributed by atoms with Gasteiger partial charge in [-0.1, -0.05) is 12.1 Å². The van der Waals surface area contributed by atoms with Crippen molar-refractivity contribution in [1.29, 1.82) is 0 Å². The van der Waals surface area contributed by atoms with Crippen molar-refractivity contribution >= 4 is 17.6 Å². The maximum Gasteiger partial charge on any atom is 0.295 e. The third-order valence-electron chi connectivity index (χ3n) is 9.87. The lowest BCUT2D eigenvalue weighted by Crippen LogP contribution is -2.66. The highest BCUT2D eigenvalue weighted by molar-refractivity contribution is 6.43. The summed E-state index contributed by atoms with van der Waals surface area (Å²) in [6.45, 7) is 0.846. The van der Waals surface area contributed by atoms with Crippen molar-refractivity contribution in [3.05, 3.63) is 65.2 Å². The van der Waals surface area contributed by atoms with Crippen LogP contribution >= 0.6 is 0 Å². The molecular weight excluding hydrogens is 656 g/mol. The van der Waals surface area contributed by atoms with Crippen LogP contribution in [0, 0.1) is 5.92 Å². The molecule has 12 heteroatoms. The molecule has 3 aromatic carbocycles. The summed E-state index contributed by atoms with van der Waals surface area (Å²) in [5, 5.41) is 0. The number of ether oxygens (including phenoxy) is 7. The van der Waals surface area contributed by atoms with E-state index >= 15 is 0 Å². The Balaban J connectivity index is 1.37. The first kappa shape index (κ1) is 37.1. The highest BCUT2D eigenvalue weighted by atomic mass is 16.5. The standard InChI is InChI=1S/C39H48N2O10/c1-45-30-15-13-24(18-32(30)47-3)11-12-26(17-25-14-16-31(46-2)33(19-25)48-4)22-40-23-28-9-8-10-29(38(40)43)41(28)39(44)36(42)27-20-34(49-5)37(51-7)35(21-27)50-6/h13-16,18-21,26,28-29H,8-12,17,22-23H2,1-7H3. The number of aryl methyl sites for hydroxylation is 1. The van der Waals surface area contributed by atoms with Crippen molar-refractivity contribution < 1.29 is 47.5 Å². The van der Waals surface area contributed by atoms with Crippen LogP contribution in [0.3, 0.4) is 0 Å². The molecule has 2 heterocycles. The summed E-state index contributed by atoms with van der Waals surface area (Å²) in [5.41, 5.74) is 2.25. The molecular formula is C39H48N2O10. The quantitative estimate of drug-likeness (QED) is 0.149. The summed E-state index contributed by atoms with van der Waals surface area (Å²) in [6.07, 6.45) is 4.21. The fraction of sp³-hybridized carbons (Fsp3) is 0.462. The van der Waals surface area contributed by atoms with Crippen LogP contribution in [0.1, 0.15) is 47.2 Å². The maximum atomic E-state index is 14.2. The van der Waals surface area contributed by atoms with Crippen LogP contribution in [0.4, 0.5) is 0 Å². The largest absolute Gasteiger partial charge is 0.493 e. The van der Waals surface area contributed by atoms with Gasteiger partial charge in [-0.3, -0.25) is 14.4 Å². The second-order valence-electron chi connectivity index (χ2n) is 12.8. The molecule has 2 aliphatic heterocycles. The number of carbonyl (C=O) groups excluding carboxylic acids is 3. The average molecular weight is 705 g/mol. The molecule has 0 N–H and O–H groups in total. The number of fused-ring (bicyclic) bond motifs is 2. The van der Waals surface area contributed by atoms with Gasteiger partial charge in [0.2, 0.25) is 11.7 Å². The number of ketones is 1. The maximum absolute atomic E-state index is 14.2. The molecule has 0 saturated carbocycles. The molecule has 51 heavy (non-hydrogen) atoms. The van der Waals surface area contributed by atoms with E-state index in [9.17, 15) is 14.4 Å². The molecule has 2 aliphatic rings. The Labute approximate surface area is 299 Å². The van der Waals surface area contributed by atoms with Crippen molar-refractivity contribution in [3.63, 3.8) is 0 Å². The van der Waals surface area contributed by atoms with Gasteiger partial charge in [-0.15, -0.1) is 0 Å². The van der Waals surface area contributed by atoms with E-state index in [1.807, 2.05) is 41.3 Å². The molecule has 0 spiro atoms. The molecule has 2 fully saturated rings. The van der Waals surface area contributed by atoms with Crippen LogP contribution in [0.25, 0.3) is 0 Å². The second-order valence-corrected chi connectivity index (χ2v) is 12.8. The van der Waals surface area contributed by atoms with Gasteiger partial charge in [0, 0.05) is 18.7 Å². The topological polar surface area (TPSA) is 122 Å². The van der Waals surface area contributed by atoms with Gasteiger partial charge >= 0.3 is 0 Å². The number of piperazine rings is 1. The predicted octanol–water partition coefficient (Wildman–Crippen LogP) is 5.01. The number of methoxy groups -OCH3 is 7. The zero-order chi connectivity index (χ0) is 36.7. The minimum atomic E-state index is -0.728. The Morgan fingerprint density at radius 2 is 1.27 bits per heavy atom. The number of rotatable bonds is 16. The first-order valence-corrected chi connectivity index (χ1v) is 17.1. The summed E-state index contributed by atoms with van der Waals surface area (Å²) in [7, 11) is 10.8. The van der Waals surface area contributed by atoms with E-state index in [0.717, 1.165) is 30.4 Å². The summed E-state index contributed by atoms with van der Waals surface area (Å²) >= 11 is 0. The number of benzene rings is 3. The minimum Gasteiger partial charge on any atom is -0.493 e. The fourth-order valence-corrected chi connectivity index (χ4v) is 7.30. The van der Waals surface area contributed by atoms with Gasteiger partial charge in [-0.25, -0.2) is 0 Å². The number of Topliss-reactive ketones (excluding diaryl/α,β-unsaturated/α-hetero) is 1. The number of likely N-dealkylation sites (tertiary alicyclic amines) is 1. The molecule has 0 radical (unpaired) electrons.